The molecule has 1 fully saturated rings. The molecule has 18 heavy (non-hydrogen) atoms. The van der Waals surface area contributed by atoms with Gasteiger partial charge in [0.15, 0.2) is 0 Å². The van der Waals surface area contributed by atoms with Gasteiger partial charge in [-0.3, -0.25) is 0 Å². The Bertz CT molecular complexity index is 384. The van der Waals surface area contributed by atoms with E-state index in [1.165, 1.54) is 0 Å². The zero-order chi connectivity index (χ0) is 13.0. The summed E-state index contributed by atoms with van der Waals surface area (Å²) < 4.78 is 0. The minimum atomic E-state index is -0.918. The maximum absolute atomic E-state index is 10.6. The van der Waals surface area contributed by atoms with Gasteiger partial charge in [0.2, 0.25) is 0 Å². The van der Waals surface area contributed by atoms with Gasteiger partial charge in [0, 0.05) is 11.4 Å². The Morgan fingerprint density at radius 3 is 2.44 bits per heavy atom. The highest BCUT2D eigenvalue weighted by atomic mass is 35.5. The van der Waals surface area contributed by atoms with Crippen molar-refractivity contribution in [1.82, 2.24) is 0 Å². The standard InChI is InChI=1S/C15H21ClO2/c16-13-7-5-6-12(10-13)11-14(17)15(18)8-3-1-2-4-9-15/h5-7,10,14,17-18H,1-4,8-9,11H2. The van der Waals surface area contributed by atoms with Gasteiger partial charge in [-0.25, -0.2) is 0 Å². The molecule has 0 saturated heterocycles. The second kappa shape index (κ2) is 6.05. The van der Waals surface area contributed by atoms with Gasteiger partial charge < -0.3 is 10.2 Å². The molecule has 1 saturated carbocycles. The van der Waals surface area contributed by atoms with Crippen LogP contribution < -0.4 is 0 Å². The predicted octanol–water partition coefficient (Wildman–Crippen LogP) is 3.33. The van der Waals surface area contributed by atoms with Crippen LogP contribution in [-0.2, 0) is 6.42 Å². The van der Waals surface area contributed by atoms with Crippen molar-refractivity contribution in [3.63, 3.8) is 0 Å². The van der Waals surface area contributed by atoms with E-state index in [-0.39, 0.29) is 0 Å². The number of benzene rings is 1. The van der Waals surface area contributed by atoms with Gasteiger partial charge in [0.25, 0.3) is 0 Å². The SMILES string of the molecule is OC(Cc1cccc(Cl)c1)C1(O)CCCCCC1. The van der Waals surface area contributed by atoms with Crippen LogP contribution in [0.15, 0.2) is 24.3 Å². The summed E-state index contributed by atoms with van der Waals surface area (Å²) in [6, 6.07) is 7.49. The minimum absolute atomic E-state index is 0.469. The van der Waals surface area contributed by atoms with Crippen LogP contribution in [0.5, 0.6) is 0 Å². The summed E-state index contributed by atoms with van der Waals surface area (Å²) in [7, 11) is 0. The van der Waals surface area contributed by atoms with Gasteiger partial charge in [0.05, 0.1) is 11.7 Å². The molecule has 0 aliphatic heterocycles. The molecular formula is C15H21ClO2. The van der Waals surface area contributed by atoms with Gasteiger partial charge in [0.1, 0.15) is 0 Å². The van der Waals surface area contributed by atoms with Crippen LogP contribution in [0.1, 0.15) is 44.1 Å². The fourth-order valence-corrected chi connectivity index (χ4v) is 2.96. The van der Waals surface area contributed by atoms with Crippen LogP contribution >= 0.6 is 11.6 Å². The molecule has 0 amide bonds. The zero-order valence-corrected chi connectivity index (χ0v) is 11.4. The number of aliphatic hydroxyl groups excluding tert-OH is 1. The van der Waals surface area contributed by atoms with Crippen molar-refractivity contribution in [3.05, 3.63) is 34.9 Å². The first kappa shape index (κ1) is 13.9. The summed E-state index contributed by atoms with van der Waals surface area (Å²) in [6.45, 7) is 0. The monoisotopic (exact) mass is 268 g/mol. The second-order valence-corrected chi connectivity index (χ2v) is 5.80. The van der Waals surface area contributed by atoms with Crippen molar-refractivity contribution in [1.29, 1.82) is 0 Å². The molecule has 100 valence electrons. The summed E-state index contributed by atoms with van der Waals surface area (Å²) in [5, 5.41) is 21.6. The third kappa shape index (κ3) is 3.47. The molecule has 0 bridgehead atoms. The molecule has 1 aliphatic rings. The number of hydrogen-bond acceptors (Lipinski definition) is 2. The molecule has 1 aliphatic carbocycles. The quantitative estimate of drug-likeness (QED) is 0.826. The van der Waals surface area contributed by atoms with Gasteiger partial charge >= 0.3 is 0 Å². The van der Waals surface area contributed by atoms with Crippen LogP contribution in [0.4, 0.5) is 0 Å². The Morgan fingerprint density at radius 1 is 1.17 bits per heavy atom. The van der Waals surface area contributed by atoms with Crippen molar-refractivity contribution >= 4 is 11.6 Å². The molecule has 0 heterocycles. The van der Waals surface area contributed by atoms with Crippen LogP contribution in [0.3, 0.4) is 0 Å². The predicted molar refractivity (Wildman–Crippen MR) is 73.8 cm³/mol. The summed E-state index contributed by atoms with van der Waals surface area (Å²) in [5.74, 6) is 0. The number of aliphatic hydroxyl groups is 2. The van der Waals surface area contributed by atoms with Crippen molar-refractivity contribution in [2.45, 2.75) is 56.7 Å². The molecule has 1 unspecified atom stereocenters. The lowest BCUT2D eigenvalue weighted by molar-refractivity contribution is -0.0836. The lowest BCUT2D eigenvalue weighted by Gasteiger charge is -2.32. The van der Waals surface area contributed by atoms with E-state index in [1.807, 2.05) is 24.3 Å². The highest BCUT2D eigenvalue weighted by Crippen LogP contribution is 2.31. The van der Waals surface area contributed by atoms with E-state index in [0.717, 1.165) is 31.2 Å². The van der Waals surface area contributed by atoms with Crippen LogP contribution in [-0.4, -0.2) is 21.9 Å². The largest absolute Gasteiger partial charge is 0.390 e. The Hall–Kier alpha value is -0.570. The third-order valence-electron chi connectivity index (χ3n) is 3.91. The maximum atomic E-state index is 10.6. The van der Waals surface area contributed by atoms with Crippen molar-refractivity contribution < 1.29 is 10.2 Å². The number of hydrogen-bond donors (Lipinski definition) is 2. The molecule has 2 nitrogen and oxygen atoms in total. The summed E-state index contributed by atoms with van der Waals surface area (Å²) in [6.07, 6.45) is 5.50. The van der Waals surface area contributed by atoms with Crippen molar-refractivity contribution in [2.75, 3.05) is 0 Å². The van der Waals surface area contributed by atoms with Gasteiger partial charge in [-0.1, -0.05) is 49.4 Å². The average Bonchev–Trinajstić information content (AvgIpc) is 2.55. The van der Waals surface area contributed by atoms with Crippen molar-refractivity contribution in [3.8, 4) is 0 Å². The van der Waals surface area contributed by atoms with E-state index < -0.39 is 11.7 Å². The van der Waals surface area contributed by atoms with Crippen LogP contribution in [0.2, 0.25) is 5.02 Å². The van der Waals surface area contributed by atoms with E-state index in [0.29, 0.717) is 24.3 Å². The fourth-order valence-electron chi connectivity index (χ4n) is 2.75. The Balaban J connectivity index is 2.03. The molecule has 0 aromatic heterocycles. The fraction of sp³-hybridized carbons (Fsp3) is 0.600. The highest BCUT2D eigenvalue weighted by molar-refractivity contribution is 6.30. The second-order valence-electron chi connectivity index (χ2n) is 5.37. The highest BCUT2D eigenvalue weighted by Gasteiger charge is 2.35. The Morgan fingerprint density at radius 2 is 1.83 bits per heavy atom. The minimum Gasteiger partial charge on any atom is -0.390 e. The first-order chi connectivity index (χ1) is 8.60. The van der Waals surface area contributed by atoms with E-state index in [4.69, 9.17) is 11.6 Å². The first-order valence-electron chi connectivity index (χ1n) is 6.75. The lowest BCUT2D eigenvalue weighted by atomic mass is 9.85. The smallest absolute Gasteiger partial charge is 0.0908 e. The van der Waals surface area contributed by atoms with Crippen LogP contribution in [0.25, 0.3) is 0 Å². The summed E-state index contributed by atoms with van der Waals surface area (Å²) >= 11 is 5.93. The molecular weight excluding hydrogens is 248 g/mol. The average molecular weight is 269 g/mol. The Kier molecular flexibility index (Phi) is 4.66. The van der Waals surface area contributed by atoms with E-state index in [2.05, 4.69) is 0 Å². The molecule has 3 heteroatoms. The lowest BCUT2D eigenvalue weighted by Crippen LogP contribution is -2.43. The maximum Gasteiger partial charge on any atom is 0.0908 e. The topological polar surface area (TPSA) is 40.5 Å². The zero-order valence-electron chi connectivity index (χ0n) is 10.6. The molecule has 2 N–H and O–H groups in total. The van der Waals surface area contributed by atoms with E-state index in [9.17, 15) is 10.2 Å². The van der Waals surface area contributed by atoms with Crippen molar-refractivity contribution in [2.24, 2.45) is 0 Å². The normalized spacial score (nSPS) is 21.3. The number of halogens is 1. The molecule has 1 aromatic rings. The van der Waals surface area contributed by atoms with E-state index in [1.54, 1.807) is 0 Å². The van der Waals surface area contributed by atoms with E-state index >= 15 is 0 Å². The third-order valence-corrected chi connectivity index (χ3v) is 4.14. The Labute approximate surface area is 114 Å². The van der Waals surface area contributed by atoms with Gasteiger partial charge in [-0.15, -0.1) is 0 Å². The summed E-state index contributed by atoms with van der Waals surface area (Å²) in [4.78, 5) is 0. The molecule has 1 aromatic carbocycles. The van der Waals surface area contributed by atoms with Gasteiger partial charge in [-0.05, 0) is 30.5 Å². The molecule has 2 rings (SSSR count). The van der Waals surface area contributed by atoms with Crippen LogP contribution in [0, 0.1) is 0 Å². The number of rotatable bonds is 3. The molecule has 0 radical (unpaired) electrons. The first-order valence-corrected chi connectivity index (χ1v) is 7.13. The summed E-state index contributed by atoms with van der Waals surface area (Å²) in [5.41, 5.74) is 0.0615. The molecule has 0 spiro atoms. The van der Waals surface area contributed by atoms with Gasteiger partial charge in [-0.2, -0.15) is 0 Å². The molecule has 1 atom stereocenters.